The molecule has 6 heteroatoms. The summed E-state index contributed by atoms with van der Waals surface area (Å²) in [5.74, 6) is -1.14. The molecule has 0 fully saturated rings. The Morgan fingerprint density at radius 2 is 1.84 bits per heavy atom. The number of nitrogens with two attached hydrogens (primary N) is 1. The van der Waals surface area contributed by atoms with Crippen LogP contribution in [-0.4, -0.2) is 24.4 Å². The first-order valence-corrected chi connectivity index (χ1v) is 5.99. The maximum absolute atomic E-state index is 12.7. The molecule has 1 aromatic rings. The van der Waals surface area contributed by atoms with E-state index in [4.69, 9.17) is 5.73 Å². The fourth-order valence-corrected chi connectivity index (χ4v) is 1.33. The Kier molecular flexibility index (Phi) is 5.44. The molecule has 0 aliphatic heterocycles. The van der Waals surface area contributed by atoms with Gasteiger partial charge in [-0.2, -0.15) is 0 Å². The third-order valence-corrected chi connectivity index (χ3v) is 2.57. The normalized spacial score (nSPS) is 12.1. The molecule has 1 atom stereocenters. The van der Waals surface area contributed by atoms with E-state index in [1.54, 1.807) is 0 Å². The summed E-state index contributed by atoms with van der Waals surface area (Å²) in [5, 5.41) is 4.98. The largest absolute Gasteiger partial charge is 0.346 e. The molecule has 0 unspecified atom stereocenters. The minimum absolute atomic E-state index is 0.000148. The van der Waals surface area contributed by atoms with Crippen LogP contribution in [0.2, 0.25) is 0 Å². The number of carbonyl (C=O) groups excluding carboxylic acids is 2. The minimum Gasteiger partial charge on any atom is -0.346 e. The number of nitrogens with one attached hydrogen (secondary N) is 2. The van der Waals surface area contributed by atoms with E-state index in [1.807, 2.05) is 13.8 Å². The van der Waals surface area contributed by atoms with Crippen molar-refractivity contribution in [3.8, 4) is 0 Å². The molecule has 1 rings (SSSR count). The van der Waals surface area contributed by atoms with E-state index in [2.05, 4.69) is 10.6 Å². The van der Waals surface area contributed by atoms with Crippen molar-refractivity contribution in [1.82, 2.24) is 5.32 Å². The highest BCUT2D eigenvalue weighted by atomic mass is 19.1. The Balaban J connectivity index is 2.40. The van der Waals surface area contributed by atoms with E-state index in [0.717, 1.165) is 0 Å². The Labute approximate surface area is 111 Å². The molecular weight excluding hydrogens is 249 g/mol. The lowest BCUT2D eigenvalue weighted by Gasteiger charge is -2.15. The highest BCUT2D eigenvalue weighted by Gasteiger charge is 2.17. The second kappa shape index (κ2) is 6.84. The molecule has 0 aromatic heterocycles. The second-order valence-corrected chi connectivity index (χ2v) is 4.54. The Morgan fingerprint density at radius 1 is 1.26 bits per heavy atom. The van der Waals surface area contributed by atoms with E-state index in [-0.39, 0.29) is 24.2 Å². The summed E-state index contributed by atoms with van der Waals surface area (Å²) in [4.78, 5) is 23.1. The predicted octanol–water partition coefficient (Wildman–Crippen LogP) is 0.864. The SMILES string of the molecule is CC(C)[C@H](N)C(=O)NCC(=O)Nc1ccc(F)cc1. The van der Waals surface area contributed by atoms with Gasteiger partial charge in [-0.15, -0.1) is 0 Å². The highest BCUT2D eigenvalue weighted by molar-refractivity contribution is 5.95. The smallest absolute Gasteiger partial charge is 0.243 e. The van der Waals surface area contributed by atoms with Crippen molar-refractivity contribution in [2.45, 2.75) is 19.9 Å². The van der Waals surface area contributed by atoms with Crippen molar-refractivity contribution >= 4 is 17.5 Å². The summed E-state index contributed by atoms with van der Waals surface area (Å²) in [5.41, 5.74) is 6.10. The van der Waals surface area contributed by atoms with Gasteiger partial charge in [-0.3, -0.25) is 9.59 Å². The average molecular weight is 267 g/mol. The van der Waals surface area contributed by atoms with Gasteiger partial charge in [0.25, 0.3) is 0 Å². The fraction of sp³-hybridized carbons (Fsp3) is 0.385. The zero-order chi connectivity index (χ0) is 14.4. The van der Waals surface area contributed by atoms with Gasteiger partial charge in [0.1, 0.15) is 5.82 Å². The summed E-state index contributed by atoms with van der Waals surface area (Å²) >= 11 is 0. The molecule has 19 heavy (non-hydrogen) atoms. The van der Waals surface area contributed by atoms with Gasteiger partial charge < -0.3 is 16.4 Å². The summed E-state index contributed by atoms with van der Waals surface area (Å²) in [6.07, 6.45) is 0. The van der Waals surface area contributed by atoms with Crippen LogP contribution < -0.4 is 16.4 Å². The van der Waals surface area contributed by atoms with Crippen LogP contribution >= 0.6 is 0 Å². The van der Waals surface area contributed by atoms with Crippen molar-refractivity contribution in [3.05, 3.63) is 30.1 Å². The summed E-state index contributed by atoms with van der Waals surface area (Å²) in [6, 6.07) is 4.72. The molecule has 0 aliphatic carbocycles. The van der Waals surface area contributed by atoms with Gasteiger partial charge in [-0.1, -0.05) is 13.8 Å². The van der Waals surface area contributed by atoms with Crippen molar-refractivity contribution in [3.63, 3.8) is 0 Å². The maximum atomic E-state index is 12.7. The molecule has 0 heterocycles. The lowest BCUT2D eigenvalue weighted by Crippen LogP contribution is -2.46. The molecule has 0 radical (unpaired) electrons. The molecule has 0 saturated heterocycles. The van der Waals surface area contributed by atoms with Gasteiger partial charge in [-0.05, 0) is 30.2 Å². The van der Waals surface area contributed by atoms with E-state index < -0.39 is 11.9 Å². The zero-order valence-electron chi connectivity index (χ0n) is 10.9. The van der Waals surface area contributed by atoms with Gasteiger partial charge in [0.2, 0.25) is 11.8 Å². The number of hydrogen-bond donors (Lipinski definition) is 3. The van der Waals surface area contributed by atoms with Gasteiger partial charge >= 0.3 is 0 Å². The topological polar surface area (TPSA) is 84.2 Å². The van der Waals surface area contributed by atoms with E-state index in [0.29, 0.717) is 5.69 Å². The van der Waals surface area contributed by atoms with Crippen LogP contribution in [0.25, 0.3) is 0 Å². The molecule has 0 bridgehead atoms. The first-order chi connectivity index (χ1) is 8.90. The average Bonchev–Trinajstić information content (AvgIpc) is 2.37. The fourth-order valence-electron chi connectivity index (χ4n) is 1.33. The molecule has 4 N–H and O–H groups in total. The van der Waals surface area contributed by atoms with Crippen LogP contribution in [0.3, 0.4) is 0 Å². The Bertz CT molecular complexity index is 446. The molecule has 5 nitrogen and oxygen atoms in total. The van der Waals surface area contributed by atoms with Gasteiger partial charge in [0.05, 0.1) is 12.6 Å². The van der Waals surface area contributed by atoms with Gasteiger partial charge in [0.15, 0.2) is 0 Å². The summed E-state index contributed by atoms with van der Waals surface area (Å²) in [6.45, 7) is 3.47. The van der Waals surface area contributed by atoms with Crippen molar-refractivity contribution in [2.75, 3.05) is 11.9 Å². The monoisotopic (exact) mass is 267 g/mol. The lowest BCUT2D eigenvalue weighted by molar-refractivity contribution is -0.125. The van der Waals surface area contributed by atoms with E-state index in [1.165, 1.54) is 24.3 Å². The molecule has 0 spiro atoms. The third-order valence-electron chi connectivity index (χ3n) is 2.57. The number of halogens is 1. The number of hydrogen-bond acceptors (Lipinski definition) is 3. The van der Waals surface area contributed by atoms with Gasteiger partial charge in [0, 0.05) is 5.69 Å². The van der Waals surface area contributed by atoms with Crippen LogP contribution in [-0.2, 0) is 9.59 Å². The number of anilines is 1. The molecule has 0 aliphatic rings. The molecular formula is C13H18FN3O2. The van der Waals surface area contributed by atoms with Crippen LogP contribution in [0.15, 0.2) is 24.3 Å². The molecule has 1 aromatic carbocycles. The maximum Gasteiger partial charge on any atom is 0.243 e. The highest BCUT2D eigenvalue weighted by Crippen LogP contribution is 2.07. The number of rotatable bonds is 5. The van der Waals surface area contributed by atoms with Crippen LogP contribution in [0.5, 0.6) is 0 Å². The molecule has 0 saturated carbocycles. The third kappa shape index (κ3) is 5.05. The van der Waals surface area contributed by atoms with Crippen molar-refractivity contribution in [2.24, 2.45) is 11.7 Å². The first-order valence-electron chi connectivity index (χ1n) is 5.99. The number of carbonyl (C=O) groups is 2. The van der Waals surface area contributed by atoms with Crippen LogP contribution in [0, 0.1) is 11.7 Å². The quantitative estimate of drug-likeness (QED) is 0.740. The Morgan fingerprint density at radius 3 is 2.37 bits per heavy atom. The lowest BCUT2D eigenvalue weighted by atomic mass is 10.1. The van der Waals surface area contributed by atoms with Crippen LogP contribution in [0.1, 0.15) is 13.8 Å². The van der Waals surface area contributed by atoms with Crippen LogP contribution in [0.4, 0.5) is 10.1 Å². The summed E-state index contributed by atoms with van der Waals surface area (Å²) in [7, 11) is 0. The van der Waals surface area contributed by atoms with Gasteiger partial charge in [-0.25, -0.2) is 4.39 Å². The van der Waals surface area contributed by atoms with Crippen molar-refractivity contribution < 1.29 is 14.0 Å². The Hall–Kier alpha value is -1.95. The number of amides is 2. The standard InChI is InChI=1S/C13H18FN3O2/c1-8(2)12(15)13(19)16-7-11(18)17-10-5-3-9(14)4-6-10/h3-6,8,12H,7,15H2,1-2H3,(H,16,19)(H,17,18)/t12-/m0/s1. The number of benzene rings is 1. The minimum atomic E-state index is -0.640. The molecule has 104 valence electrons. The summed E-state index contributed by atoms with van der Waals surface area (Å²) < 4.78 is 12.7. The zero-order valence-corrected chi connectivity index (χ0v) is 10.9. The predicted molar refractivity (Wildman–Crippen MR) is 70.9 cm³/mol. The van der Waals surface area contributed by atoms with E-state index in [9.17, 15) is 14.0 Å². The van der Waals surface area contributed by atoms with E-state index >= 15 is 0 Å². The second-order valence-electron chi connectivity index (χ2n) is 4.54. The molecule has 2 amide bonds. The first kappa shape index (κ1) is 15.1. The van der Waals surface area contributed by atoms with Crippen molar-refractivity contribution in [1.29, 1.82) is 0 Å².